The number of sulfonamides is 1. The van der Waals surface area contributed by atoms with Crippen molar-refractivity contribution >= 4 is 33.4 Å². The van der Waals surface area contributed by atoms with Gasteiger partial charge in [0.15, 0.2) is 0 Å². The number of nitrogens with two attached hydrogens (primary N) is 1. The van der Waals surface area contributed by atoms with E-state index in [2.05, 4.69) is 5.32 Å². The zero-order chi connectivity index (χ0) is 14.5. The molecule has 1 aromatic carbocycles. The normalized spacial score (nSPS) is 11.1. The second-order valence-corrected chi connectivity index (χ2v) is 6.22. The fourth-order valence-corrected chi connectivity index (χ4v) is 2.51. The van der Waals surface area contributed by atoms with Gasteiger partial charge in [-0.1, -0.05) is 0 Å². The lowest BCUT2D eigenvalue weighted by molar-refractivity contribution is -0.115. The molecule has 0 aliphatic heterocycles. The number of rotatable bonds is 6. The molecule has 106 valence electrons. The quantitative estimate of drug-likeness (QED) is 0.818. The lowest BCUT2D eigenvalue weighted by atomic mass is 10.3. The maximum atomic E-state index is 11.6. The van der Waals surface area contributed by atoms with Gasteiger partial charge in [0.1, 0.15) is 10.6 Å². The maximum Gasteiger partial charge on any atom is 0.241 e. The number of hydrogen-bond donors (Lipinski definition) is 2. The van der Waals surface area contributed by atoms with E-state index >= 15 is 0 Å². The Bertz CT molecular complexity index is 558. The van der Waals surface area contributed by atoms with Crippen molar-refractivity contribution in [2.45, 2.75) is 11.3 Å². The first kappa shape index (κ1) is 15.8. The molecule has 1 rings (SSSR count). The molecule has 0 unspecified atom stereocenters. The molecule has 3 N–H and O–H groups in total. The van der Waals surface area contributed by atoms with Gasteiger partial charge in [-0.2, -0.15) is 11.8 Å². The summed E-state index contributed by atoms with van der Waals surface area (Å²) < 4.78 is 27.7. The molecule has 0 aromatic heterocycles. The van der Waals surface area contributed by atoms with Crippen molar-refractivity contribution in [3.63, 3.8) is 0 Å². The molecule has 0 saturated carbocycles. The lowest BCUT2D eigenvalue weighted by Crippen LogP contribution is -2.16. The van der Waals surface area contributed by atoms with Crippen LogP contribution < -0.4 is 15.2 Å². The molecule has 6 nitrogen and oxygen atoms in total. The summed E-state index contributed by atoms with van der Waals surface area (Å²) in [7, 11) is -2.55. The van der Waals surface area contributed by atoms with Crippen LogP contribution in [0.1, 0.15) is 6.42 Å². The maximum absolute atomic E-state index is 11.6. The third-order valence-corrected chi connectivity index (χ3v) is 3.83. The molecule has 0 radical (unpaired) electrons. The fourth-order valence-electron chi connectivity index (χ4n) is 1.40. The minimum atomic E-state index is -3.90. The van der Waals surface area contributed by atoms with Crippen molar-refractivity contribution in [3.8, 4) is 5.75 Å². The van der Waals surface area contributed by atoms with Crippen molar-refractivity contribution in [1.82, 2.24) is 0 Å². The number of benzene rings is 1. The Labute approximate surface area is 116 Å². The Kier molecular flexibility index (Phi) is 5.64. The van der Waals surface area contributed by atoms with Crippen LogP contribution in [-0.2, 0) is 14.8 Å². The second-order valence-electron chi connectivity index (χ2n) is 3.70. The SMILES string of the molecule is COc1ccc(NC(=O)CCSC)cc1S(N)(=O)=O. The summed E-state index contributed by atoms with van der Waals surface area (Å²) in [5, 5.41) is 7.70. The van der Waals surface area contributed by atoms with Crippen LogP contribution in [0.3, 0.4) is 0 Å². The van der Waals surface area contributed by atoms with Gasteiger partial charge in [-0.25, -0.2) is 13.6 Å². The monoisotopic (exact) mass is 304 g/mol. The summed E-state index contributed by atoms with van der Waals surface area (Å²) >= 11 is 1.56. The summed E-state index contributed by atoms with van der Waals surface area (Å²) in [6.07, 6.45) is 2.26. The van der Waals surface area contributed by atoms with Gasteiger partial charge in [0.2, 0.25) is 15.9 Å². The standard InChI is InChI=1S/C11H16N2O4S2/c1-17-9-4-3-8(7-10(9)19(12,15)16)13-11(14)5-6-18-2/h3-4,7H,5-6H2,1-2H3,(H,13,14)(H2,12,15,16). The van der Waals surface area contributed by atoms with Crippen LogP contribution in [0.4, 0.5) is 5.69 Å². The number of carbonyl (C=O) groups excluding carboxylic acids is 1. The van der Waals surface area contributed by atoms with Gasteiger partial charge >= 0.3 is 0 Å². The van der Waals surface area contributed by atoms with E-state index < -0.39 is 10.0 Å². The molecule has 8 heteroatoms. The minimum absolute atomic E-state index is 0.143. The lowest BCUT2D eigenvalue weighted by Gasteiger charge is -2.10. The van der Waals surface area contributed by atoms with Crippen molar-refractivity contribution in [2.75, 3.05) is 24.4 Å². The van der Waals surface area contributed by atoms with Crippen LogP contribution in [0, 0.1) is 0 Å². The number of thioether (sulfide) groups is 1. The number of primary sulfonamides is 1. The van der Waals surface area contributed by atoms with E-state index in [1.54, 1.807) is 17.8 Å². The molecular formula is C11H16N2O4S2. The van der Waals surface area contributed by atoms with Gasteiger partial charge in [0.05, 0.1) is 7.11 Å². The van der Waals surface area contributed by atoms with E-state index in [4.69, 9.17) is 9.88 Å². The molecule has 19 heavy (non-hydrogen) atoms. The third kappa shape index (κ3) is 4.73. The number of methoxy groups -OCH3 is 1. The number of anilines is 1. The smallest absolute Gasteiger partial charge is 0.241 e. The molecule has 1 aromatic rings. The Hall–Kier alpha value is -1.25. The first-order valence-corrected chi connectivity index (χ1v) is 8.32. The predicted octanol–water partition coefficient (Wildman–Crippen LogP) is 1.03. The molecule has 1 amide bonds. The van der Waals surface area contributed by atoms with Crippen LogP contribution in [-0.4, -0.2) is 33.4 Å². The van der Waals surface area contributed by atoms with Crippen molar-refractivity contribution < 1.29 is 17.9 Å². The highest BCUT2D eigenvalue weighted by Crippen LogP contribution is 2.26. The molecule has 0 saturated heterocycles. The Morgan fingerprint density at radius 2 is 2.16 bits per heavy atom. The zero-order valence-electron chi connectivity index (χ0n) is 10.7. The van der Waals surface area contributed by atoms with Crippen molar-refractivity contribution in [2.24, 2.45) is 5.14 Å². The van der Waals surface area contributed by atoms with Crippen molar-refractivity contribution in [3.05, 3.63) is 18.2 Å². The van der Waals surface area contributed by atoms with E-state index in [9.17, 15) is 13.2 Å². The van der Waals surface area contributed by atoms with Gasteiger partial charge in [0, 0.05) is 17.9 Å². The average molecular weight is 304 g/mol. The largest absolute Gasteiger partial charge is 0.495 e. The molecule has 0 bridgehead atoms. The summed E-state index contributed by atoms with van der Waals surface area (Å²) in [5.74, 6) is 0.661. The molecule has 0 aliphatic rings. The minimum Gasteiger partial charge on any atom is -0.495 e. The van der Waals surface area contributed by atoms with E-state index in [1.807, 2.05) is 6.26 Å². The van der Waals surface area contributed by atoms with Gasteiger partial charge in [-0.15, -0.1) is 0 Å². The predicted molar refractivity (Wildman–Crippen MR) is 76.0 cm³/mol. The topological polar surface area (TPSA) is 98.5 Å². The van der Waals surface area contributed by atoms with Gasteiger partial charge in [0.25, 0.3) is 0 Å². The van der Waals surface area contributed by atoms with Crippen LogP contribution in [0.5, 0.6) is 5.75 Å². The zero-order valence-corrected chi connectivity index (χ0v) is 12.3. The van der Waals surface area contributed by atoms with Gasteiger partial charge in [-0.3, -0.25) is 4.79 Å². The first-order chi connectivity index (χ1) is 8.88. The summed E-state index contributed by atoms with van der Waals surface area (Å²) in [4.78, 5) is 11.4. The number of hydrogen-bond acceptors (Lipinski definition) is 5. The molecule has 0 fully saturated rings. The van der Waals surface area contributed by atoms with Crippen LogP contribution in [0.15, 0.2) is 23.1 Å². The Balaban J connectivity index is 2.96. The fraction of sp³-hybridized carbons (Fsp3) is 0.364. The number of ether oxygens (including phenoxy) is 1. The summed E-state index contributed by atoms with van der Waals surface area (Å²) in [5.41, 5.74) is 0.371. The second kappa shape index (κ2) is 6.78. The van der Waals surface area contributed by atoms with E-state index in [0.29, 0.717) is 17.9 Å². The van der Waals surface area contributed by atoms with E-state index in [0.717, 1.165) is 0 Å². The highest BCUT2D eigenvalue weighted by atomic mass is 32.2. The average Bonchev–Trinajstić information content (AvgIpc) is 2.35. The van der Waals surface area contributed by atoms with Crippen LogP contribution in [0.25, 0.3) is 0 Å². The number of carbonyl (C=O) groups is 1. The Morgan fingerprint density at radius 1 is 1.47 bits per heavy atom. The molecule has 0 spiro atoms. The third-order valence-electron chi connectivity index (χ3n) is 2.29. The highest BCUT2D eigenvalue weighted by Gasteiger charge is 2.16. The van der Waals surface area contributed by atoms with E-state index in [1.165, 1.54) is 19.2 Å². The molecule has 0 aliphatic carbocycles. The van der Waals surface area contributed by atoms with E-state index in [-0.39, 0.29) is 16.6 Å². The van der Waals surface area contributed by atoms with Crippen molar-refractivity contribution in [1.29, 1.82) is 0 Å². The Morgan fingerprint density at radius 3 is 2.68 bits per heavy atom. The van der Waals surface area contributed by atoms with Crippen LogP contribution >= 0.6 is 11.8 Å². The summed E-state index contributed by atoms with van der Waals surface area (Å²) in [6.45, 7) is 0. The summed E-state index contributed by atoms with van der Waals surface area (Å²) in [6, 6.07) is 4.29. The molecule has 0 atom stereocenters. The number of amides is 1. The molecule has 0 heterocycles. The highest BCUT2D eigenvalue weighted by molar-refractivity contribution is 7.98. The first-order valence-electron chi connectivity index (χ1n) is 5.38. The molecular weight excluding hydrogens is 288 g/mol. The van der Waals surface area contributed by atoms with Crippen LogP contribution in [0.2, 0.25) is 0 Å². The number of nitrogens with one attached hydrogen (secondary N) is 1. The van der Waals surface area contributed by atoms with Gasteiger partial charge in [-0.05, 0) is 24.5 Å². The van der Waals surface area contributed by atoms with Gasteiger partial charge < -0.3 is 10.1 Å².